The van der Waals surface area contributed by atoms with Crippen molar-refractivity contribution in [2.45, 2.75) is 123 Å². The van der Waals surface area contributed by atoms with Crippen LogP contribution in [0, 0.1) is 17.6 Å². The summed E-state index contributed by atoms with van der Waals surface area (Å²) in [4.78, 5) is 24.8. The van der Waals surface area contributed by atoms with E-state index in [1.165, 1.54) is 83.1 Å². The number of esters is 1. The smallest absolute Gasteiger partial charge is 0.328 e. The third kappa shape index (κ3) is 13.6. The van der Waals surface area contributed by atoms with Crippen LogP contribution in [-0.4, -0.2) is 24.5 Å². The van der Waals surface area contributed by atoms with E-state index in [1.54, 1.807) is 13.8 Å². The summed E-state index contributed by atoms with van der Waals surface area (Å²) in [6.45, 7) is 6.03. The first-order valence-electron chi connectivity index (χ1n) is 13.8. The summed E-state index contributed by atoms with van der Waals surface area (Å²) in [5.74, 6) is -3.73. The van der Waals surface area contributed by atoms with E-state index in [4.69, 9.17) is 4.74 Å². The first kappa shape index (κ1) is 31.1. The van der Waals surface area contributed by atoms with Crippen LogP contribution in [0.3, 0.4) is 0 Å². The Hall–Kier alpha value is -1.98. The van der Waals surface area contributed by atoms with Gasteiger partial charge >= 0.3 is 5.97 Å². The molecule has 1 rings (SSSR count). The SMILES string of the molecule is CCCCCCCCCCCCCCCCCOC(=O)C(NC(=O)c1c(F)cccc1F)C(C)C. The van der Waals surface area contributed by atoms with Crippen molar-refractivity contribution in [2.75, 3.05) is 6.61 Å². The lowest BCUT2D eigenvalue weighted by atomic mass is 10.0. The van der Waals surface area contributed by atoms with Gasteiger partial charge in [-0.1, -0.05) is 117 Å². The van der Waals surface area contributed by atoms with Gasteiger partial charge in [0, 0.05) is 0 Å². The maximum atomic E-state index is 13.9. The second kappa shape index (κ2) is 19.2. The maximum absolute atomic E-state index is 13.9. The summed E-state index contributed by atoms with van der Waals surface area (Å²) < 4.78 is 33.0. The minimum Gasteiger partial charge on any atom is -0.464 e. The second-order valence-electron chi connectivity index (χ2n) is 9.91. The highest BCUT2D eigenvalue weighted by Gasteiger charge is 2.28. The molecule has 1 amide bonds. The molecule has 1 aromatic rings. The van der Waals surface area contributed by atoms with Gasteiger partial charge in [0.25, 0.3) is 5.91 Å². The fourth-order valence-electron chi connectivity index (χ4n) is 4.16. The zero-order valence-electron chi connectivity index (χ0n) is 22.2. The molecule has 1 atom stereocenters. The van der Waals surface area contributed by atoms with Crippen LogP contribution in [0.15, 0.2) is 18.2 Å². The van der Waals surface area contributed by atoms with Crippen molar-refractivity contribution in [1.82, 2.24) is 5.32 Å². The Labute approximate surface area is 211 Å². The molecule has 35 heavy (non-hydrogen) atoms. The maximum Gasteiger partial charge on any atom is 0.328 e. The topological polar surface area (TPSA) is 55.4 Å². The molecule has 1 unspecified atom stereocenters. The van der Waals surface area contributed by atoms with E-state index < -0.39 is 35.1 Å². The lowest BCUT2D eigenvalue weighted by Crippen LogP contribution is -2.45. The highest BCUT2D eigenvalue weighted by atomic mass is 19.1. The Kier molecular flexibility index (Phi) is 17.1. The number of hydrogen-bond donors (Lipinski definition) is 1. The van der Waals surface area contributed by atoms with E-state index in [9.17, 15) is 18.4 Å². The van der Waals surface area contributed by atoms with E-state index in [0.717, 1.165) is 31.4 Å². The van der Waals surface area contributed by atoms with Gasteiger partial charge < -0.3 is 10.1 Å². The Morgan fingerprint density at radius 3 is 1.63 bits per heavy atom. The van der Waals surface area contributed by atoms with E-state index in [0.29, 0.717) is 0 Å². The molecule has 200 valence electrons. The summed E-state index contributed by atoms with van der Waals surface area (Å²) in [6, 6.07) is 2.25. The molecule has 0 fully saturated rings. The van der Waals surface area contributed by atoms with Crippen LogP contribution in [0.1, 0.15) is 127 Å². The van der Waals surface area contributed by atoms with Crippen molar-refractivity contribution < 1.29 is 23.1 Å². The van der Waals surface area contributed by atoms with Crippen molar-refractivity contribution in [3.63, 3.8) is 0 Å². The Balaban J connectivity index is 2.11. The van der Waals surface area contributed by atoms with Crippen LogP contribution in [0.5, 0.6) is 0 Å². The molecule has 0 heterocycles. The number of unbranched alkanes of at least 4 members (excludes halogenated alkanes) is 14. The van der Waals surface area contributed by atoms with Crippen LogP contribution in [0.4, 0.5) is 8.78 Å². The zero-order valence-corrected chi connectivity index (χ0v) is 22.2. The molecule has 0 aliphatic rings. The van der Waals surface area contributed by atoms with Crippen LogP contribution >= 0.6 is 0 Å². The van der Waals surface area contributed by atoms with Gasteiger partial charge in [-0.05, 0) is 24.5 Å². The predicted molar refractivity (Wildman–Crippen MR) is 138 cm³/mol. The van der Waals surface area contributed by atoms with Crippen LogP contribution < -0.4 is 5.32 Å². The first-order chi connectivity index (χ1) is 16.9. The third-order valence-corrected chi connectivity index (χ3v) is 6.39. The van der Waals surface area contributed by atoms with E-state index in [1.807, 2.05) is 0 Å². The standard InChI is InChI=1S/C29H47F2NO3/c1-4-5-6-7-8-9-10-11-12-13-14-15-16-17-18-22-35-29(34)27(23(2)3)32-28(33)26-24(30)20-19-21-25(26)31/h19-21,23,27H,4-18,22H2,1-3H3,(H,32,33). The van der Waals surface area contributed by atoms with Gasteiger partial charge in [-0.2, -0.15) is 0 Å². The average Bonchev–Trinajstić information content (AvgIpc) is 2.81. The number of rotatable bonds is 20. The highest BCUT2D eigenvalue weighted by molar-refractivity contribution is 5.97. The number of carbonyl (C=O) groups is 2. The normalized spacial score (nSPS) is 12.1. The number of carbonyl (C=O) groups excluding carboxylic acids is 2. The van der Waals surface area contributed by atoms with Crippen molar-refractivity contribution in [3.05, 3.63) is 35.4 Å². The molecule has 0 saturated carbocycles. The number of nitrogens with one attached hydrogen (secondary N) is 1. The molecular formula is C29H47F2NO3. The quantitative estimate of drug-likeness (QED) is 0.147. The van der Waals surface area contributed by atoms with Crippen molar-refractivity contribution in [2.24, 2.45) is 5.92 Å². The minimum absolute atomic E-state index is 0.276. The first-order valence-corrected chi connectivity index (χ1v) is 13.8. The van der Waals surface area contributed by atoms with E-state index in [2.05, 4.69) is 12.2 Å². The Morgan fingerprint density at radius 1 is 0.771 bits per heavy atom. The van der Waals surface area contributed by atoms with Crippen LogP contribution in [0.2, 0.25) is 0 Å². The number of benzene rings is 1. The largest absolute Gasteiger partial charge is 0.464 e. The molecule has 6 heteroatoms. The summed E-state index contributed by atoms with van der Waals surface area (Å²) in [7, 11) is 0. The van der Waals surface area contributed by atoms with Crippen molar-refractivity contribution >= 4 is 11.9 Å². The van der Waals surface area contributed by atoms with Crippen LogP contribution in [0.25, 0.3) is 0 Å². The molecular weight excluding hydrogens is 448 g/mol. The molecule has 0 radical (unpaired) electrons. The summed E-state index contributed by atoms with van der Waals surface area (Å²) in [6.07, 6.45) is 18.9. The summed E-state index contributed by atoms with van der Waals surface area (Å²) in [5, 5.41) is 2.43. The number of amides is 1. The van der Waals surface area contributed by atoms with Gasteiger partial charge in [-0.3, -0.25) is 4.79 Å². The summed E-state index contributed by atoms with van der Waals surface area (Å²) >= 11 is 0. The molecule has 0 aliphatic heterocycles. The Bertz CT molecular complexity index is 704. The van der Waals surface area contributed by atoms with Gasteiger partial charge in [0.2, 0.25) is 0 Å². The second-order valence-corrected chi connectivity index (χ2v) is 9.91. The third-order valence-electron chi connectivity index (χ3n) is 6.39. The predicted octanol–water partition coefficient (Wildman–Crippen LogP) is 8.13. The highest BCUT2D eigenvalue weighted by Crippen LogP contribution is 2.15. The van der Waals surface area contributed by atoms with Crippen LogP contribution in [-0.2, 0) is 9.53 Å². The molecule has 4 nitrogen and oxygen atoms in total. The number of hydrogen-bond acceptors (Lipinski definition) is 3. The van der Waals surface area contributed by atoms with Gasteiger partial charge in [-0.15, -0.1) is 0 Å². The molecule has 0 aliphatic carbocycles. The number of ether oxygens (including phenoxy) is 1. The molecule has 1 N–H and O–H groups in total. The molecule has 0 bridgehead atoms. The van der Waals surface area contributed by atoms with Gasteiger partial charge in [0.1, 0.15) is 23.2 Å². The lowest BCUT2D eigenvalue weighted by Gasteiger charge is -2.21. The molecule has 0 aromatic heterocycles. The van der Waals surface area contributed by atoms with Gasteiger partial charge in [-0.25, -0.2) is 13.6 Å². The van der Waals surface area contributed by atoms with Crippen molar-refractivity contribution in [1.29, 1.82) is 0 Å². The molecule has 0 saturated heterocycles. The summed E-state index contributed by atoms with van der Waals surface area (Å²) in [5.41, 5.74) is -0.687. The molecule has 1 aromatic carbocycles. The van der Waals surface area contributed by atoms with E-state index >= 15 is 0 Å². The van der Waals surface area contributed by atoms with Gasteiger partial charge in [0.15, 0.2) is 0 Å². The van der Waals surface area contributed by atoms with Gasteiger partial charge in [0.05, 0.1) is 6.61 Å². The average molecular weight is 496 g/mol. The lowest BCUT2D eigenvalue weighted by molar-refractivity contribution is -0.147. The zero-order chi connectivity index (χ0) is 25.9. The minimum atomic E-state index is -0.962. The fraction of sp³-hybridized carbons (Fsp3) is 0.724. The monoisotopic (exact) mass is 495 g/mol. The number of halogens is 2. The fourth-order valence-corrected chi connectivity index (χ4v) is 4.16. The Morgan fingerprint density at radius 2 is 1.20 bits per heavy atom. The van der Waals surface area contributed by atoms with Crippen molar-refractivity contribution in [3.8, 4) is 0 Å². The molecule has 0 spiro atoms. The van der Waals surface area contributed by atoms with E-state index in [-0.39, 0.29) is 12.5 Å².